The molecule has 182 valence electrons. The zero-order chi connectivity index (χ0) is 25.1. The Morgan fingerprint density at radius 3 is 2.43 bits per heavy atom. The Kier molecular flexibility index (Phi) is 7.12. The summed E-state index contributed by atoms with van der Waals surface area (Å²) >= 11 is 1.48. The van der Waals surface area contributed by atoms with Crippen molar-refractivity contribution in [2.24, 2.45) is 0 Å². The van der Waals surface area contributed by atoms with Gasteiger partial charge < -0.3 is 24.6 Å². The van der Waals surface area contributed by atoms with Gasteiger partial charge in [-0.3, -0.25) is 9.59 Å². The number of aromatic hydroxyl groups is 1. The first kappa shape index (κ1) is 24.3. The van der Waals surface area contributed by atoms with Crippen LogP contribution in [0.1, 0.15) is 41.5 Å². The Balaban J connectivity index is 1.87. The molecule has 0 bridgehead atoms. The Bertz CT molecular complexity index is 1280. The molecule has 2 aromatic carbocycles. The minimum Gasteiger partial charge on any atom is -0.507 e. The summed E-state index contributed by atoms with van der Waals surface area (Å²) in [7, 11) is 0. The maximum absolute atomic E-state index is 13.3. The number of ether oxygens (including phenoxy) is 2. The van der Waals surface area contributed by atoms with Crippen LogP contribution in [0.3, 0.4) is 0 Å². The average molecular weight is 494 g/mol. The van der Waals surface area contributed by atoms with Crippen molar-refractivity contribution in [1.29, 1.82) is 0 Å². The Morgan fingerprint density at radius 2 is 1.77 bits per heavy atom. The second-order valence-electron chi connectivity index (χ2n) is 8.08. The molecule has 1 fully saturated rings. The molecule has 8 heteroatoms. The fourth-order valence-corrected chi connectivity index (χ4v) is 4.90. The molecule has 1 saturated heterocycles. The highest BCUT2D eigenvalue weighted by Gasteiger charge is 2.46. The van der Waals surface area contributed by atoms with E-state index < -0.39 is 17.7 Å². The number of amides is 1. The van der Waals surface area contributed by atoms with Crippen LogP contribution in [-0.4, -0.2) is 40.0 Å². The van der Waals surface area contributed by atoms with E-state index in [1.54, 1.807) is 37.3 Å². The van der Waals surface area contributed by atoms with Gasteiger partial charge in [0.1, 0.15) is 11.5 Å². The number of Topliss-reactive ketones (excluding diaryl/α,β-unsaturated/α-hetero) is 1. The van der Waals surface area contributed by atoms with Crippen molar-refractivity contribution in [3.05, 3.63) is 81.1 Å². The first-order valence-electron chi connectivity index (χ1n) is 11.4. The van der Waals surface area contributed by atoms with E-state index in [-0.39, 0.29) is 29.4 Å². The van der Waals surface area contributed by atoms with Crippen LogP contribution in [0.2, 0.25) is 0 Å². The van der Waals surface area contributed by atoms with Crippen molar-refractivity contribution in [2.45, 2.75) is 33.4 Å². The van der Waals surface area contributed by atoms with E-state index in [1.165, 1.54) is 22.3 Å². The van der Waals surface area contributed by atoms with Crippen LogP contribution in [0.4, 0.5) is 0 Å². The molecule has 1 unspecified atom stereocenters. The van der Waals surface area contributed by atoms with Gasteiger partial charge in [0.15, 0.2) is 11.5 Å². The topological polar surface area (TPSA) is 96.3 Å². The molecule has 2 N–H and O–H groups in total. The van der Waals surface area contributed by atoms with Gasteiger partial charge in [-0.1, -0.05) is 12.1 Å². The molecular formula is C27H27NO6S. The number of carbonyl (C=O) groups is 2. The number of hydrogen-bond acceptors (Lipinski definition) is 7. The third-order valence-electron chi connectivity index (χ3n) is 5.79. The van der Waals surface area contributed by atoms with Crippen LogP contribution in [-0.2, 0) is 16.1 Å². The summed E-state index contributed by atoms with van der Waals surface area (Å²) in [5.74, 6) is -0.852. The van der Waals surface area contributed by atoms with Crippen LogP contribution >= 0.6 is 11.3 Å². The number of likely N-dealkylation sites (tertiary alicyclic amines) is 1. The van der Waals surface area contributed by atoms with E-state index in [9.17, 15) is 19.8 Å². The van der Waals surface area contributed by atoms with Crippen LogP contribution in [0.15, 0.2) is 59.5 Å². The van der Waals surface area contributed by atoms with Crippen LogP contribution < -0.4 is 9.47 Å². The molecule has 0 saturated carbocycles. The van der Waals surface area contributed by atoms with Gasteiger partial charge in [-0.25, -0.2) is 0 Å². The van der Waals surface area contributed by atoms with Crippen LogP contribution in [0, 0.1) is 6.92 Å². The molecule has 1 amide bonds. The molecule has 1 aromatic heterocycles. The van der Waals surface area contributed by atoms with Crippen molar-refractivity contribution in [2.75, 3.05) is 13.2 Å². The van der Waals surface area contributed by atoms with Crippen molar-refractivity contribution < 1.29 is 29.3 Å². The molecule has 1 aliphatic rings. The fraction of sp³-hybridized carbons (Fsp3) is 0.259. The lowest BCUT2D eigenvalue weighted by molar-refractivity contribution is -0.140. The van der Waals surface area contributed by atoms with E-state index in [0.29, 0.717) is 30.1 Å². The van der Waals surface area contributed by atoms with E-state index in [4.69, 9.17) is 9.47 Å². The van der Waals surface area contributed by atoms with Gasteiger partial charge in [-0.15, -0.1) is 11.3 Å². The molecule has 4 rings (SSSR count). The van der Waals surface area contributed by atoms with E-state index in [0.717, 1.165) is 10.4 Å². The van der Waals surface area contributed by atoms with Crippen molar-refractivity contribution >= 4 is 28.8 Å². The normalized spacial score (nSPS) is 17.1. The second kappa shape index (κ2) is 10.2. The van der Waals surface area contributed by atoms with Gasteiger partial charge in [0.05, 0.1) is 31.4 Å². The monoisotopic (exact) mass is 493 g/mol. The summed E-state index contributed by atoms with van der Waals surface area (Å²) in [5, 5.41) is 23.4. The molecule has 35 heavy (non-hydrogen) atoms. The van der Waals surface area contributed by atoms with E-state index >= 15 is 0 Å². The van der Waals surface area contributed by atoms with Crippen molar-refractivity contribution in [1.82, 2.24) is 4.90 Å². The number of aliphatic hydroxyl groups excluding tert-OH is 1. The summed E-state index contributed by atoms with van der Waals surface area (Å²) in [6.07, 6.45) is 0. The standard InChI is InChI=1S/C27H27NO6S/c1-4-33-21-11-9-18(13-16(21)3)25(30)23-24(17-8-10-20(29)22(14-17)34-5-2)28(27(32)26(23)31)15-19-7-6-12-35-19/h6-14,24,29-30H,4-5,15H2,1-3H3/b25-23-. The molecule has 7 nitrogen and oxygen atoms in total. The number of carbonyl (C=O) groups excluding carboxylic acids is 2. The third-order valence-corrected chi connectivity index (χ3v) is 6.66. The molecular weight excluding hydrogens is 466 g/mol. The summed E-state index contributed by atoms with van der Waals surface area (Å²) < 4.78 is 11.1. The maximum Gasteiger partial charge on any atom is 0.295 e. The Morgan fingerprint density at radius 1 is 1.03 bits per heavy atom. The lowest BCUT2D eigenvalue weighted by Crippen LogP contribution is -2.28. The number of aliphatic hydroxyl groups is 1. The quantitative estimate of drug-likeness (QED) is 0.255. The highest BCUT2D eigenvalue weighted by atomic mass is 32.1. The van der Waals surface area contributed by atoms with Gasteiger partial charge >= 0.3 is 0 Å². The zero-order valence-electron chi connectivity index (χ0n) is 19.8. The SMILES string of the molecule is CCOc1ccc(/C(O)=C2/C(=O)C(=O)N(Cc3cccs3)C2c2ccc(O)c(OCC)c2)cc1C. The number of rotatable bonds is 8. The molecule has 3 aromatic rings. The molecule has 0 aliphatic carbocycles. The minimum atomic E-state index is -0.858. The first-order valence-corrected chi connectivity index (χ1v) is 12.2. The third kappa shape index (κ3) is 4.74. The van der Waals surface area contributed by atoms with E-state index in [1.807, 2.05) is 31.4 Å². The number of phenolic OH excluding ortho intramolecular Hbond substituents is 1. The number of thiophene rings is 1. The summed E-state index contributed by atoms with van der Waals surface area (Å²) in [6.45, 7) is 6.57. The number of phenols is 1. The highest BCUT2D eigenvalue weighted by molar-refractivity contribution is 7.09. The molecule has 2 heterocycles. The smallest absolute Gasteiger partial charge is 0.295 e. The lowest BCUT2D eigenvalue weighted by atomic mass is 9.94. The summed E-state index contributed by atoms with van der Waals surface area (Å²) in [4.78, 5) is 28.8. The van der Waals surface area contributed by atoms with E-state index in [2.05, 4.69) is 0 Å². The number of hydrogen-bond donors (Lipinski definition) is 2. The zero-order valence-corrected chi connectivity index (χ0v) is 20.6. The van der Waals surface area contributed by atoms with Crippen molar-refractivity contribution in [3.8, 4) is 17.2 Å². The Labute approximate surface area is 207 Å². The predicted molar refractivity (Wildman–Crippen MR) is 134 cm³/mol. The fourth-order valence-electron chi connectivity index (χ4n) is 4.20. The molecule has 0 spiro atoms. The van der Waals surface area contributed by atoms with Gasteiger partial charge in [-0.05, 0) is 73.7 Å². The average Bonchev–Trinajstić information content (AvgIpc) is 3.44. The summed E-state index contributed by atoms with van der Waals surface area (Å²) in [6, 6.07) is 12.7. The van der Waals surface area contributed by atoms with Gasteiger partial charge in [0, 0.05) is 10.4 Å². The molecule has 0 radical (unpaired) electrons. The van der Waals surface area contributed by atoms with Crippen LogP contribution in [0.5, 0.6) is 17.2 Å². The first-order chi connectivity index (χ1) is 16.8. The molecule has 1 atom stereocenters. The largest absolute Gasteiger partial charge is 0.507 e. The number of nitrogens with zero attached hydrogens (tertiary/aromatic N) is 1. The lowest BCUT2D eigenvalue weighted by Gasteiger charge is -2.25. The molecule has 1 aliphatic heterocycles. The number of aryl methyl sites for hydroxylation is 1. The number of benzene rings is 2. The van der Waals surface area contributed by atoms with Gasteiger partial charge in [0.2, 0.25) is 0 Å². The van der Waals surface area contributed by atoms with Crippen LogP contribution in [0.25, 0.3) is 5.76 Å². The maximum atomic E-state index is 13.3. The second-order valence-corrected chi connectivity index (χ2v) is 9.11. The highest BCUT2D eigenvalue weighted by Crippen LogP contribution is 2.43. The minimum absolute atomic E-state index is 0.0109. The van der Waals surface area contributed by atoms with Gasteiger partial charge in [-0.2, -0.15) is 0 Å². The predicted octanol–water partition coefficient (Wildman–Crippen LogP) is 5.18. The number of ketones is 1. The van der Waals surface area contributed by atoms with Crippen molar-refractivity contribution in [3.63, 3.8) is 0 Å². The van der Waals surface area contributed by atoms with Gasteiger partial charge in [0.25, 0.3) is 11.7 Å². The summed E-state index contributed by atoms with van der Waals surface area (Å²) in [5.41, 5.74) is 1.74. The Hall–Kier alpha value is -3.78.